The van der Waals surface area contributed by atoms with Gasteiger partial charge in [0.25, 0.3) is 5.91 Å². The van der Waals surface area contributed by atoms with E-state index in [0.29, 0.717) is 30.6 Å². The Labute approximate surface area is 125 Å². The summed E-state index contributed by atoms with van der Waals surface area (Å²) in [4.78, 5) is 12.3. The molecule has 1 aromatic carbocycles. The lowest BCUT2D eigenvalue weighted by molar-refractivity contribution is 0.0920. The van der Waals surface area contributed by atoms with Crippen LogP contribution in [-0.2, 0) is 0 Å². The van der Waals surface area contributed by atoms with E-state index in [9.17, 15) is 4.79 Å². The monoisotopic (exact) mass is 289 g/mol. The molecular formula is C17H23NO3. The van der Waals surface area contributed by atoms with Crippen molar-refractivity contribution in [3.63, 3.8) is 0 Å². The average Bonchev–Trinajstić information content (AvgIpc) is 2.55. The fourth-order valence-corrected chi connectivity index (χ4v) is 3.17. The van der Waals surface area contributed by atoms with Gasteiger partial charge in [-0.2, -0.15) is 0 Å². The van der Waals surface area contributed by atoms with Crippen molar-refractivity contribution in [1.82, 2.24) is 5.32 Å². The van der Waals surface area contributed by atoms with E-state index in [1.165, 1.54) is 19.3 Å². The number of carbonyl (C=O) groups is 1. The van der Waals surface area contributed by atoms with Crippen molar-refractivity contribution >= 4 is 5.91 Å². The predicted octanol–water partition coefficient (Wildman–Crippen LogP) is 3.16. The van der Waals surface area contributed by atoms with Crippen molar-refractivity contribution < 1.29 is 14.3 Å². The first kappa shape index (κ1) is 14.2. The summed E-state index contributed by atoms with van der Waals surface area (Å²) in [7, 11) is 0. The van der Waals surface area contributed by atoms with Crippen molar-refractivity contribution in [1.29, 1.82) is 0 Å². The number of fused-ring (bicyclic) bond motifs is 1. The molecule has 1 aliphatic carbocycles. The standard InChI is InChI=1S/C17H23NO3/c1-2-12-3-6-14(7-4-12)18-17(19)13-5-8-15-16(11-13)21-10-9-20-15/h5,8,11-12,14H,2-4,6-7,9-10H2,1H3,(H,18,19). The van der Waals surface area contributed by atoms with Gasteiger partial charge in [-0.15, -0.1) is 0 Å². The van der Waals surface area contributed by atoms with Gasteiger partial charge in [-0.25, -0.2) is 0 Å². The van der Waals surface area contributed by atoms with Gasteiger partial charge in [-0.05, 0) is 49.8 Å². The van der Waals surface area contributed by atoms with E-state index in [1.807, 2.05) is 6.07 Å². The summed E-state index contributed by atoms with van der Waals surface area (Å²) in [5.41, 5.74) is 0.650. The van der Waals surface area contributed by atoms with Crippen LogP contribution in [0.4, 0.5) is 0 Å². The maximum Gasteiger partial charge on any atom is 0.251 e. The number of carbonyl (C=O) groups excluding carboxylic acids is 1. The molecule has 21 heavy (non-hydrogen) atoms. The minimum Gasteiger partial charge on any atom is -0.486 e. The number of nitrogens with one attached hydrogen (secondary N) is 1. The molecule has 3 rings (SSSR count). The first-order valence-corrected chi connectivity index (χ1v) is 7.96. The molecule has 0 spiro atoms. The Morgan fingerprint density at radius 2 is 1.86 bits per heavy atom. The average molecular weight is 289 g/mol. The van der Waals surface area contributed by atoms with Crippen molar-refractivity contribution in [2.24, 2.45) is 5.92 Å². The Morgan fingerprint density at radius 1 is 1.14 bits per heavy atom. The zero-order valence-electron chi connectivity index (χ0n) is 12.6. The molecule has 1 fully saturated rings. The summed E-state index contributed by atoms with van der Waals surface area (Å²) in [5.74, 6) is 2.23. The summed E-state index contributed by atoms with van der Waals surface area (Å²) in [5, 5.41) is 3.15. The maximum absolute atomic E-state index is 12.3. The van der Waals surface area contributed by atoms with Crippen LogP contribution < -0.4 is 14.8 Å². The van der Waals surface area contributed by atoms with Gasteiger partial charge in [0.1, 0.15) is 13.2 Å². The largest absolute Gasteiger partial charge is 0.486 e. The van der Waals surface area contributed by atoms with E-state index in [0.717, 1.165) is 24.5 Å². The first-order chi connectivity index (χ1) is 10.3. The highest BCUT2D eigenvalue weighted by atomic mass is 16.6. The topological polar surface area (TPSA) is 47.6 Å². The van der Waals surface area contributed by atoms with E-state index < -0.39 is 0 Å². The SMILES string of the molecule is CCC1CCC(NC(=O)c2ccc3c(c2)OCCO3)CC1. The van der Waals surface area contributed by atoms with Gasteiger partial charge in [0.15, 0.2) is 11.5 Å². The third-order valence-corrected chi connectivity index (χ3v) is 4.56. The van der Waals surface area contributed by atoms with Crippen molar-refractivity contribution in [2.75, 3.05) is 13.2 Å². The number of amides is 1. The minimum atomic E-state index is -0.00748. The molecular weight excluding hydrogens is 266 g/mol. The molecule has 4 nitrogen and oxygen atoms in total. The van der Waals surface area contributed by atoms with Crippen LogP contribution in [0.5, 0.6) is 11.5 Å². The molecule has 4 heteroatoms. The second kappa shape index (κ2) is 6.37. The number of hydrogen-bond donors (Lipinski definition) is 1. The fourth-order valence-electron chi connectivity index (χ4n) is 3.17. The zero-order valence-corrected chi connectivity index (χ0v) is 12.6. The Hall–Kier alpha value is -1.71. The molecule has 1 aliphatic heterocycles. The number of rotatable bonds is 3. The van der Waals surface area contributed by atoms with Crippen molar-refractivity contribution in [3.8, 4) is 11.5 Å². The smallest absolute Gasteiger partial charge is 0.251 e. The highest BCUT2D eigenvalue weighted by Crippen LogP contribution is 2.31. The lowest BCUT2D eigenvalue weighted by atomic mass is 9.84. The summed E-state index contributed by atoms with van der Waals surface area (Å²) < 4.78 is 11.0. The number of benzene rings is 1. The first-order valence-electron chi connectivity index (χ1n) is 7.96. The van der Waals surface area contributed by atoms with E-state index >= 15 is 0 Å². The summed E-state index contributed by atoms with van der Waals surface area (Å²) >= 11 is 0. The van der Waals surface area contributed by atoms with Gasteiger partial charge in [0.2, 0.25) is 0 Å². The third-order valence-electron chi connectivity index (χ3n) is 4.56. The maximum atomic E-state index is 12.3. The number of hydrogen-bond acceptors (Lipinski definition) is 3. The molecule has 0 atom stereocenters. The second-order valence-corrected chi connectivity index (χ2v) is 5.96. The Bertz CT molecular complexity index is 507. The van der Waals surface area contributed by atoms with E-state index in [1.54, 1.807) is 12.1 Å². The van der Waals surface area contributed by atoms with Gasteiger partial charge < -0.3 is 14.8 Å². The predicted molar refractivity (Wildman–Crippen MR) is 80.9 cm³/mol. The van der Waals surface area contributed by atoms with Crippen LogP contribution in [0.3, 0.4) is 0 Å². The van der Waals surface area contributed by atoms with Gasteiger partial charge in [0, 0.05) is 11.6 Å². The van der Waals surface area contributed by atoms with Crippen LogP contribution in [0.1, 0.15) is 49.4 Å². The Morgan fingerprint density at radius 3 is 2.57 bits per heavy atom. The highest BCUT2D eigenvalue weighted by Gasteiger charge is 2.22. The van der Waals surface area contributed by atoms with E-state index in [4.69, 9.17) is 9.47 Å². The fraction of sp³-hybridized carbons (Fsp3) is 0.588. The molecule has 0 saturated heterocycles. The van der Waals surface area contributed by atoms with Gasteiger partial charge >= 0.3 is 0 Å². The Kier molecular flexibility index (Phi) is 4.32. The molecule has 1 N–H and O–H groups in total. The molecule has 0 aromatic heterocycles. The molecule has 0 bridgehead atoms. The van der Waals surface area contributed by atoms with Gasteiger partial charge in [-0.1, -0.05) is 13.3 Å². The third kappa shape index (κ3) is 3.31. The summed E-state index contributed by atoms with van der Waals surface area (Å²) in [6, 6.07) is 5.72. The van der Waals surface area contributed by atoms with E-state index in [-0.39, 0.29) is 5.91 Å². The molecule has 114 valence electrons. The normalized spacial score (nSPS) is 24.4. The summed E-state index contributed by atoms with van der Waals surface area (Å²) in [6.07, 6.45) is 5.89. The lowest BCUT2D eigenvalue weighted by Crippen LogP contribution is -2.37. The molecule has 1 heterocycles. The molecule has 2 aliphatic rings. The van der Waals surface area contributed by atoms with Crippen LogP contribution in [0.15, 0.2) is 18.2 Å². The van der Waals surface area contributed by atoms with E-state index in [2.05, 4.69) is 12.2 Å². The Balaban J connectivity index is 1.60. The number of ether oxygens (including phenoxy) is 2. The molecule has 1 amide bonds. The second-order valence-electron chi connectivity index (χ2n) is 5.96. The highest BCUT2D eigenvalue weighted by molar-refractivity contribution is 5.95. The zero-order chi connectivity index (χ0) is 14.7. The lowest BCUT2D eigenvalue weighted by Gasteiger charge is -2.28. The molecule has 0 radical (unpaired) electrons. The molecule has 1 aromatic rings. The van der Waals surface area contributed by atoms with Crippen LogP contribution in [0, 0.1) is 5.92 Å². The summed E-state index contributed by atoms with van der Waals surface area (Å²) in [6.45, 7) is 3.36. The van der Waals surface area contributed by atoms with Crippen LogP contribution in [-0.4, -0.2) is 25.2 Å². The molecule has 1 saturated carbocycles. The quantitative estimate of drug-likeness (QED) is 0.930. The van der Waals surface area contributed by atoms with Crippen molar-refractivity contribution in [3.05, 3.63) is 23.8 Å². The van der Waals surface area contributed by atoms with Crippen LogP contribution in [0.25, 0.3) is 0 Å². The molecule has 0 unspecified atom stereocenters. The van der Waals surface area contributed by atoms with Crippen LogP contribution >= 0.6 is 0 Å². The van der Waals surface area contributed by atoms with Gasteiger partial charge in [0.05, 0.1) is 0 Å². The van der Waals surface area contributed by atoms with Crippen molar-refractivity contribution in [2.45, 2.75) is 45.1 Å². The van der Waals surface area contributed by atoms with Gasteiger partial charge in [-0.3, -0.25) is 4.79 Å². The minimum absolute atomic E-state index is 0.00748. The van der Waals surface area contributed by atoms with Crippen LogP contribution in [0.2, 0.25) is 0 Å².